The number of hydrogen-bond acceptors (Lipinski definition) is 2. The maximum Gasteiger partial charge on any atom is 0.0462 e. The molecular weight excluding hydrogens is 671 g/mol. The van der Waals surface area contributed by atoms with Gasteiger partial charge in [0.2, 0.25) is 0 Å². The first-order valence-electron chi connectivity index (χ1n) is 18.4. The molecule has 254 valence electrons. The van der Waals surface area contributed by atoms with E-state index in [-0.39, 0.29) is 0 Å². The van der Waals surface area contributed by atoms with Crippen LogP contribution < -0.4 is 4.90 Å². The number of rotatable bonds is 7. The lowest BCUT2D eigenvalue weighted by Gasteiger charge is -2.26. The summed E-state index contributed by atoms with van der Waals surface area (Å²) in [6, 6.07) is 77.1. The molecule has 0 fully saturated rings. The Morgan fingerprint density at radius 1 is 0.259 bits per heavy atom. The van der Waals surface area contributed by atoms with Crippen LogP contribution in [0.3, 0.4) is 0 Å². The van der Waals surface area contributed by atoms with Crippen molar-refractivity contribution in [2.75, 3.05) is 4.90 Å². The molecule has 54 heavy (non-hydrogen) atoms. The zero-order valence-corrected chi connectivity index (χ0v) is 30.4. The summed E-state index contributed by atoms with van der Waals surface area (Å²) in [7, 11) is 0. The van der Waals surface area contributed by atoms with E-state index in [1.165, 1.54) is 75.5 Å². The van der Waals surface area contributed by atoms with Crippen molar-refractivity contribution in [3.8, 4) is 44.5 Å². The normalized spacial score (nSPS) is 11.3. The van der Waals surface area contributed by atoms with Crippen LogP contribution in [0.5, 0.6) is 0 Å². The van der Waals surface area contributed by atoms with Crippen LogP contribution in [0.25, 0.3) is 75.5 Å². The molecule has 10 rings (SSSR count). The van der Waals surface area contributed by atoms with Crippen molar-refractivity contribution in [2.24, 2.45) is 0 Å². The molecule has 0 bridgehead atoms. The number of thiophene rings is 1. The molecule has 10 aromatic rings. The predicted molar refractivity (Wildman–Crippen MR) is 233 cm³/mol. The molecule has 0 unspecified atom stereocenters. The first-order chi connectivity index (χ1) is 26.7. The highest BCUT2D eigenvalue weighted by atomic mass is 32.1. The highest BCUT2D eigenvalue weighted by Gasteiger charge is 2.15. The summed E-state index contributed by atoms with van der Waals surface area (Å²) in [5, 5.41) is 5.16. The number of fused-ring (bicyclic) bond motifs is 4. The molecule has 1 nitrogen and oxygen atoms in total. The third kappa shape index (κ3) is 6.03. The van der Waals surface area contributed by atoms with Gasteiger partial charge in [-0.15, -0.1) is 11.3 Å². The molecule has 0 aliphatic heterocycles. The van der Waals surface area contributed by atoms with Gasteiger partial charge in [0.25, 0.3) is 0 Å². The molecule has 1 aromatic heterocycles. The van der Waals surface area contributed by atoms with Gasteiger partial charge in [0, 0.05) is 37.2 Å². The number of benzene rings is 9. The van der Waals surface area contributed by atoms with Crippen molar-refractivity contribution in [1.82, 2.24) is 0 Å². The standard InChI is InChI=1S/C52H35NS/c1-2-8-36(9-3-1)38-14-16-39(17-15-38)40-20-27-46(28-21-40)53(47-29-22-41(23-30-47)44-19-18-37-10-4-5-11-43(37)34-44)48-31-24-42(25-32-48)45-26-33-50-49-12-6-7-13-51(49)54-52(50)35-45/h1-35H. The lowest BCUT2D eigenvalue weighted by Crippen LogP contribution is -2.09. The van der Waals surface area contributed by atoms with E-state index in [4.69, 9.17) is 0 Å². The molecule has 2 heteroatoms. The molecular formula is C52H35NS. The van der Waals surface area contributed by atoms with Gasteiger partial charge in [0.1, 0.15) is 0 Å². The molecule has 0 saturated carbocycles. The Labute approximate surface area is 319 Å². The molecule has 9 aromatic carbocycles. The fraction of sp³-hybridized carbons (Fsp3) is 0. The summed E-state index contributed by atoms with van der Waals surface area (Å²) in [4.78, 5) is 2.35. The molecule has 0 aliphatic carbocycles. The summed E-state index contributed by atoms with van der Waals surface area (Å²) in [5.74, 6) is 0. The topological polar surface area (TPSA) is 3.24 Å². The van der Waals surface area contributed by atoms with E-state index in [1.807, 2.05) is 11.3 Å². The van der Waals surface area contributed by atoms with Gasteiger partial charge < -0.3 is 4.90 Å². The zero-order chi connectivity index (χ0) is 35.8. The highest BCUT2D eigenvalue weighted by Crippen LogP contribution is 2.40. The highest BCUT2D eigenvalue weighted by molar-refractivity contribution is 7.25. The summed E-state index contributed by atoms with van der Waals surface area (Å²) in [5.41, 5.74) is 13.0. The summed E-state index contributed by atoms with van der Waals surface area (Å²) in [6.45, 7) is 0. The second-order valence-corrected chi connectivity index (χ2v) is 14.9. The number of hydrogen-bond donors (Lipinski definition) is 0. The van der Waals surface area contributed by atoms with Gasteiger partial charge in [-0.25, -0.2) is 0 Å². The fourth-order valence-corrected chi connectivity index (χ4v) is 8.76. The molecule has 0 spiro atoms. The lowest BCUT2D eigenvalue weighted by atomic mass is 9.99. The first kappa shape index (κ1) is 32.0. The van der Waals surface area contributed by atoms with Gasteiger partial charge in [-0.2, -0.15) is 0 Å². The van der Waals surface area contributed by atoms with Crippen LogP contribution in [0.1, 0.15) is 0 Å². The third-order valence-electron chi connectivity index (χ3n) is 10.5. The van der Waals surface area contributed by atoms with Crippen molar-refractivity contribution in [1.29, 1.82) is 0 Å². The SMILES string of the molecule is c1ccc(-c2ccc(-c3ccc(N(c4ccc(-c5ccc6ccccc6c5)cc4)c4ccc(-c5ccc6c(c5)sc5ccccc56)cc4)cc3)cc2)cc1. The monoisotopic (exact) mass is 705 g/mol. The van der Waals surface area contributed by atoms with Crippen LogP contribution in [0.15, 0.2) is 212 Å². The minimum absolute atomic E-state index is 1.11. The van der Waals surface area contributed by atoms with E-state index in [0.717, 1.165) is 17.1 Å². The molecule has 0 aliphatic rings. The smallest absolute Gasteiger partial charge is 0.0462 e. The van der Waals surface area contributed by atoms with Crippen LogP contribution in [0.4, 0.5) is 17.1 Å². The van der Waals surface area contributed by atoms with Gasteiger partial charge >= 0.3 is 0 Å². The zero-order valence-electron chi connectivity index (χ0n) is 29.6. The summed E-state index contributed by atoms with van der Waals surface area (Å²) >= 11 is 1.86. The Balaban J connectivity index is 0.994. The van der Waals surface area contributed by atoms with Gasteiger partial charge in [-0.3, -0.25) is 0 Å². The first-order valence-corrected chi connectivity index (χ1v) is 19.2. The van der Waals surface area contributed by atoms with Gasteiger partial charge in [-0.05, 0) is 110 Å². The number of nitrogens with zero attached hydrogens (tertiary/aromatic N) is 1. The van der Waals surface area contributed by atoms with Crippen LogP contribution in [0.2, 0.25) is 0 Å². The average molecular weight is 706 g/mol. The summed E-state index contributed by atoms with van der Waals surface area (Å²) in [6.07, 6.45) is 0. The van der Waals surface area contributed by atoms with Crippen molar-refractivity contribution >= 4 is 59.3 Å². The Morgan fingerprint density at radius 3 is 1.28 bits per heavy atom. The minimum atomic E-state index is 1.11. The molecule has 1 heterocycles. The molecule has 0 radical (unpaired) electrons. The Kier molecular flexibility index (Phi) is 8.09. The number of anilines is 3. The van der Waals surface area contributed by atoms with Gasteiger partial charge in [0.05, 0.1) is 0 Å². The molecule has 0 saturated heterocycles. The maximum absolute atomic E-state index is 2.35. The van der Waals surface area contributed by atoms with Gasteiger partial charge in [-0.1, -0.05) is 158 Å². The van der Waals surface area contributed by atoms with Crippen LogP contribution in [0, 0.1) is 0 Å². The van der Waals surface area contributed by atoms with E-state index in [0.29, 0.717) is 0 Å². The van der Waals surface area contributed by atoms with E-state index < -0.39 is 0 Å². The van der Waals surface area contributed by atoms with Crippen molar-refractivity contribution < 1.29 is 0 Å². The minimum Gasteiger partial charge on any atom is -0.311 e. The van der Waals surface area contributed by atoms with Crippen molar-refractivity contribution in [3.63, 3.8) is 0 Å². The Morgan fingerprint density at radius 2 is 0.667 bits per heavy atom. The van der Waals surface area contributed by atoms with Crippen LogP contribution >= 0.6 is 11.3 Å². The predicted octanol–water partition coefficient (Wildman–Crippen LogP) is 15.3. The van der Waals surface area contributed by atoms with Crippen LogP contribution in [-0.4, -0.2) is 0 Å². The molecule has 0 N–H and O–H groups in total. The van der Waals surface area contributed by atoms with E-state index in [9.17, 15) is 0 Å². The van der Waals surface area contributed by atoms with E-state index in [2.05, 4.69) is 217 Å². The third-order valence-corrected chi connectivity index (χ3v) is 11.6. The van der Waals surface area contributed by atoms with Crippen molar-refractivity contribution in [2.45, 2.75) is 0 Å². The summed E-state index contributed by atoms with van der Waals surface area (Å²) < 4.78 is 2.65. The Bertz CT molecular complexity index is 2890. The van der Waals surface area contributed by atoms with Gasteiger partial charge in [0.15, 0.2) is 0 Å². The molecule has 0 atom stereocenters. The van der Waals surface area contributed by atoms with Crippen molar-refractivity contribution in [3.05, 3.63) is 212 Å². The van der Waals surface area contributed by atoms with E-state index in [1.54, 1.807) is 0 Å². The Hall–Kier alpha value is -6.74. The molecule has 0 amide bonds. The average Bonchev–Trinajstić information content (AvgIpc) is 3.63. The largest absolute Gasteiger partial charge is 0.311 e. The fourth-order valence-electron chi connectivity index (χ4n) is 7.62. The quantitative estimate of drug-likeness (QED) is 0.160. The second kappa shape index (κ2) is 13.7. The lowest BCUT2D eigenvalue weighted by molar-refractivity contribution is 1.28. The maximum atomic E-state index is 2.35. The van der Waals surface area contributed by atoms with Crippen LogP contribution in [-0.2, 0) is 0 Å². The van der Waals surface area contributed by atoms with E-state index >= 15 is 0 Å². The second-order valence-electron chi connectivity index (χ2n) is 13.8.